The molecule has 1 aromatic rings. The molecule has 0 saturated carbocycles. The number of thioether (sulfide) groups is 1. The molecule has 1 saturated heterocycles. The molecule has 0 spiro atoms. The van der Waals surface area contributed by atoms with Crippen LogP contribution in [0.2, 0.25) is 0 Å². The van der Waals surface area contributed by atoms with E-state index in [0.29, 0.717) is 10.0 Å². The van der Waals surface area contributed by atoms with Crippen molar-refractivity contribution in [3.8, 4) is 11.5 Å². The first-order valence-corrected chi connectivity index (χ1v) is 7.88. The highest BCUT2D eigenvalue weighted by molar-refractivity contribution is 9.10. The highest BCUT2D eigenvalue weighted by Gasteiger charge is 2.38. The maximum absolute atomic E-state index is 11.8. The Morgan fingerprint density at radius 3 is 2.71 bits per heavy atom. The summed E-state index contributed by atoms with van der Waals surface area (Å²) in [5, 5.41) is 20.5. The second-order valence-corrected chi connectivity index (χ2v) is 6.47. The van der Waals surface area contributed by atoms with E-state index in [1.54, 1.807) is 12.1 Å². The average Bonchev–Trinajstić information content (AvgIpc) is 2.86. The van der Waals surface area contributed by atoms with E-state index in [-0.39, 0.29) is 23.2 Å². The summed E-state index contributed by atoms with van der Waals surface area (Å²) < 4.78 is 5.49. The maximum Gasteiger partial charge on any atom is 0.221 e. The summed E-state index contributed by atoms with van der Waals surface area (Å²) in [5.74, 6) is -1.16. The van der Waals surface area contributed by atoms with E-state index < -0.39 is 17.4 Å². The number of nitrogens with zero attached hydrogens (tertiary/aromatic N) is 1. The minimum absolute atomic E-state index is 0.0462. The van der Waals surface area contributed by atoms with Crippen molar-refractivity contribution >= 4 is 39.6 Å². The molecule has 1 N–H and O–H groups in total. The topological polar surface area (TPSA) is 89.9 Å². The van der Waals surface area contributed by atoms with Crippen molar-refractivity contribution in [1.82, 2.24) is 4.90 Å². The minimum Gasteiger partial charge on any atom is -0.548 e. The van der Waals surface area contributed by atoms with E-state index in [4.69, 9.17) is 4.74 Å². The largest absolute Gasteiger partial charge is 0.548 e. The van der Waals surface area contributed by atoms with Gasteiger partial charge < -0.3 is 24.6 Å². The summed E-state index contributed by atoms with van der Waals surface area (Å²) in [5.41, 5.74) is 0.667. The summed E-state index contributed by atoms with van der Waals surface area (Å²) in [6, 6.07) is 2.27. The molecule has 21 heavy (non-hydrogen) atoms. The molecule has 0 aromatic heterocycles. The summed E-state index contributed by atoms with van der Waals surface area (Å²) in [7, 11) is 1.42. The van der Waals surface area contributed by atoms with Crippen LogP contribution in [0, 0.1) is 0 Å². The van der Waals surface area contributed by atoms with E-state index in [0.717, 1.165) is 0 Å². The monoisotopic (exact) mass is 374 g/mol. The number of ether oxygens (including phenoxy) is 1. The average molecular weight is 375 g/mol. The molecule has 0 radical (unpaired) electrons. The first kappa shape index (κ1) is 16.0. The number of aliphatic carboxylic acids is 1. The van der Waals surface area contributed by atoms with E-state index in [2.05, 4.69) is 15.9 Å². The smallest absolute Gasteiger partial charge is 0.221 e. The van der Waals surface area contributed by atoms with Crippen molar-refractivity contribution in [1.29, 1.82) is 0 Å². The number of carboxylic acid groups (broad SMARTS) is 1. The number of amides is 1. The Labute approximate surface area is 134 Å². The lowest BCUT2D eigenvalue weighted by molar-refractivity contribution is -0.310. The van der Waals surface area contributed by atoms with E-state index in [9.17, 15) is 19.8 Å². The fourth-order valence-electron chi connectivity index (χ4n) is 2.22. The molecular weight excluding hydrogens is 362 g/mol. The third kappa shape index (κ3) is 2.96. The zero-order valence-corrected chi connectivity index (χ0v) is 13.7. The van der Waals surface area contributed by atoms with Gasteiger partial charge in [0.15, 0.2) is 11.5 Å². The molecule has 2 rings (SSSR count). The quantitative estimate of drug-likeness (QED) is 0.844. The molecule has 1 amide bonds. The Morgan fingerprint density at radius 2 is 2.19 bits per heavy atom. The lowest BCUT2D eigenvalue weighted by Gasteiger charge is -2.29. The van der Waals surface area contributed by atoms with Crippen LogP contribution in [0.25, 0.3) is 0 Å². The van der Waals surface area contributed by atoms with E-state index >= 15 is 0 Å². The summed E-state index contributed by atoms with van der Waals surface area (Å²) in [6.45, 7) is 1.32. The summed E-state index contributed by atoms with van der Waals surface area (Å²) >= 11 is 4.54. The van der Waals surface area contributed by atoms with E-state index in [1.165, 1.54) is 30.7 Å². The molecule has 0 unspecified atom stereocenters. The van der Waals surface area contributed by atoms with Crippen LogP contribution in [0.5, 0.6) is 11.5 Å². The maximum atomic E-state index is 11.8. The molecule has 1 aliphatic heterocycles. The van der Waals surface area contributed by atoms with Crippen LogP contribution in [0.3, 0.4) is 0 Å². The first-order chi connectivity index (χ1) is 9.86. The number of halogens is 1. The second-order valence-electron chi connectivity index (χ2n) is 4.50. The van der Waals surface area contributed by atoms with Crippen LogP contribution in [0.1, 0.15) is 17.9 Å². The van der Waals surface area contributed by atoms with Gasteiger partial charge in [-0.15, -0.1) is 11.8 Å². The number of carbonyl (C=O) groups is 2. The fourth-order valence-corrected chi connectivity index (χ4v) is 4.13. The van der Waals surface area contributed by atoms with Crippen molar-refractivity contribution in [2.45, 2.75) is 18.3 Å². The van der Waals surface area contributed by atoms with E-state index in [1.807, 2.05) is 0 Å². The number of aromatic hydroxyl groups is 1. The fraction of sp³-hybridized carbons (Fsp3) is 0.385. The molecule has 8 heteroatoms. The van der Waals surface area contributed by atoms with Gasteiger partial charge in [-0.25, -0.2) is 0 Å². The van der Waals surface area contributed by atoms with Crippen molar-refractivity contribution in [2.75, 3.05) is 12.9 Å². The number of hydrogen-bond donors (Lipinski definition) is 1. The third-order valence-electron chi connectivity index (χ3n) is 3.19. The molecular formula is C13H13BrNO5S-. The standard InChI is InChI=1S/C13H14BrNO5S/c1-6(16)15-9(13(18)19)5-21-12(15)7-3-8(14)11(17)10(4-7)20-2/h3-4,9,12,17H,5H2,1-2H3,(H,18,19)/p-1/t9-,12+/m0/s1. The predicted molar refractivity (Wildman–Crippen MR) is 78.9 cm³/mol. The Bertz CT molecular complexity index is 594. The van der Waals surface area contributed by atoms with Crippen LogP contribution >= 0.6 is 27.7 Å². The van der Waals surface area contributed by atoms with Crippen LogP contribution in [-0.4, -0.2) is 40.8 Å². The zero-order valence-electron chi connectivity index (χ0n) is 11.3. The lowest BCUT2D eigenvalue weighted by Crippen LogP contribution is -2.48. The highest BCUT2D eigenvalue weighted by Crippen LogP contribution is 2.45. The Morgan fingerprint density at radius 1 is 1.52 bits per heavy atom. The molecule has 0 bridgehead atoms. The van der Waals surface area contributed by atoms with Gasteiger partial charge in [0.2, 0.25) is 5.91 Å². The number of benzene rings is 1. The predicted octanol–water partition coefficient (Wildman–Crippen LogP) is 0.876. The van der Waals surface area contributed by atoms with Gasteiger partial charge in [-0.05, 0) is 33.6 Å². The molecule has 1 heterocycles. The summed E-state index contributed by atoms with van der Waals surface area (Å²) in [6.07, 6.45) is 0. The van der Waals surface area contributed by atoms with Gasteiger partial charge in [0.05, 0.1) is 23.6 Å². The van der Waals surface area contributed by atoms with Crippen LogP contribution in [-0.2, 0) is 9.59 Å². The third-order valence-corrected chi connectivity index (χ3v) is 5.12. The molecule has 114 valence electrons. The van der Waals surface area contributed by atoms with Crippen LogP contribution in [0.15, 0.2) is 16.6 Å². The minimum atomic E-state index is -1.27. The number of rotatable bonds is 3. The Kier molecular flexibility index (Phi) is 4.67. The number of hydrogen-bond acceptors (Lipinski definition) is 6. The molecule has 1 aromatic carbocycles. The molecule has 1 fully saturated rings. The molecule has 6 nitrogen and oxygen atoms in total. The molecule has 1 aliphatic rings. The Hall–Kier alpha value is -1.41. The van der Waals surface area contributed by atoms with Crippen LogP contribution in [0.4, 0.5) is 0 Å². The van der Waals surface area contributed by atoms with Gasteiger partial charge in [0.1, 0.15) is 5.37 Å². The van der Waals surface area contributed by atoms with Crippen LogP contribution < -0.4 is 9.84 Å². The Balaban J connectivity index is 2.44. The van der Waals surface area contributed by atoms with Gasteiger partial charge in [-0.1, -0.05) is 0 Å². The van der Waals surface area contributed by atoms with Gasteiger partial charge in [-0.3, -0.25) is 4.79 Å². The number of carboxylic acids is 1. The lowest BCUT2D eigenvalue weighted by atomic mass is 10.1. The van der Waals surface area contributed by atoms with Crippen molar-refractivity contribution < 1.29 is 24.5 Å². The number of phenolic OH excluding ortho intramolecular Hbond substituents is 1. The number of methoxy groups -OCH3 is 1. The van der Waals surface area contributed by atoms with Gasteiger partial charge >= 0.3 is 0 Å². The number of carbonyl (C=O) groups excluding carboxylic acids is 2. The van der Waals surface area contributed by atoms with Crippen molar-refractivity contribution in [2.24, 2.45) is 0 Å². The molecule has 2 atom stereocenters. The molecule has 0 aliphatic carbocycles. The van der Waals surface area contributed by atoms with Crippen molar-refractivity contribution in [3.05, 3.63) is 22.2 Å². The van der Waals surface area contributed by atoms with Gasteiger partial charge in [0.25, 0.3) is 0 Å². The van der Waals surface area contributed by atoms with Gasteiger partial charge in [-0.2, -0.15) is 0 Å². The van der Waals surface area contributed by atoms with Gasteiger partial charge in [0, 0.05) is 12.7 Å². The SMILES string of the molecule is COc1cc([C@H]2SC[C@@H](C(=O)[O-])N2C(C)=O)cc(Br)c1O. The summed E-state index contributed by atoms with van der Waals surface area (Å²) in [4.78, 5) is 24.2. The second kappa shape index (κ2) is 6.15. The van der Waals surface area contributed by atoms with Crippen molar-refractivity contribution in [3.63, 3.8) is 0 Å². The normalized spacial score (nSPS) is 21.4. The highest BCUT2D eigenvalue weighted by atomic mass is 79.9. The first-order valence-electron chi connectivity index (χ1n) is 6.04. The number of phenols is 1. The zero-order chi connectivity index (χ0) is 15.7.